The SMILES string of the molecule is CC(C)(C)c1ccccc1C(C)(O)C(C)(C)C. The minimum Gasteiger partial charge on any atom is -0.385 e. The predicted molar refractivity (Wildman–Crippen MR) is 74.2 cm³/mol. The molecule has 1 rings (SSSR count). The molecule has 0 aliphatic heterocycles. The molecule has 96 valence electrons. The van der Waals surface area contributed by atoms with Crippen LogP contribution in [-0.4, -0.2) is 5.11 Å². The Bertz CT molecular complexity index is 389. The van der Waals surface area contributed by atoms with E-state index < -0.39 is 5.60 Å². The molecule has 1 unspecified atom stereocenters. The highest BCUT2D eigenvalue weighted by atomic mass is 16.3. The highest BCUT2D eigenvalue weighted by molar-refractivity contribution is 5.37. The zero-order valence-electron chi connectivity index (χ0n) is 12.3. The van der Waals surface area contributed by atoms with Gasteiger partial charge in [-0.15, -0.1) is 0 Å². The molecule has 0 aromatic heterocycles. The van der Waals surface area contributed by atoms with Crippen molar-refractivity contribution in [1.29, 1.82) is 0 Å². The number of hydrogen-bond donors (Lipinski definition) is 1. The van der Waals surface area contributed by atoms with E-state index in [1.54, 1.807) is 0 Å². The maximum Gasteiger partial charge on any atom is 0.0919 e. The Morgan fingerprint density at radius 1 is 0.765 bits per heavy atom. The van der Waals surface area contributed by atoms with Gasteiger partial charge in [0.05, 0.1) is 5.60 Å². The molecule has 0 amide bonds. The predicted octanol–water partition coefficient (Wildman–Crippen LogP) is 4.24. The maximum absolute atomic E-state index is 10.9. The maximum atomic E-state index is 10.9. The van der Waals surface area contributed by atoms with Crippen molar-refractivity contribution in [1.82, 2.24) is 0 Å². The lowest BCUT2D eigenvalue weighted by atomic mass is 9.69. The third-order valence-electron chi connectivity index (χ3n) is 3.72. The van der Waals surface area contributed by atoms with Crippen LogP contribution in [-0.2, 0) is 11.0 Å². The van der Waals surface area contributed by atoms with Crippen LogP contribution < -0.4 is 0 Å². The first-order chi connectivity index (χ1) is 7.48. The van der Waals surface area contributed by atoms with Gasteiger partial charge in [-0.3, -0.25) is 0 Å². The van der Waals surface area contributed by atoms with Crippen molar-refractivity contribution < 1.29 is 5.11 Å². The molecule has 1 N–H and O–H groups in total. The molecule has 0 saturated heterocycles. The molecule has 0 saturated carbocycles. The van der Waals surface area contributed by atoms with Crippen LogP contribution in [0.1, 0.15) is 59.6 Å². The summed E-state index contributed by atoms with van der Waals surface area (Å²) < 4.78 is 0. The van der Waals surface area contributed by atoms with Crippen LogP contribution in [0.5, 0.6) is 0 Å². The fraction of sp³-hybridized carbons (Fsp3) is 0.625. The Hall–Kier alpha value is -0.820. The lowest BCUT2D eigenvalue weighted by Gasteiger charge is -2.40. The fourth-order valence-corrected chi connectivity index (χ4v) is 1.97. The Morgan fingerprint density at radius 3 is 1.53 bits per heavy atom. The molecule has 1 nitrogen and oxygen atoms in total. The van der Waals surface area contributed by atoms with Gasteiger partial charge in [0.1, 0.15) is 0 Å². The van der Waals surface area contributed by atoms with Crippen molar-refractivity contribution >= 4 is 0 Å². The monoisotopic (exact) mass is 234 g/mol. The Balaban J connectivity index is 3.43. The van der Waals surface area contributed by atoms with Crippen LogP contribution in [0.3, 0.4) is 0 Å². The van der Waals surface area contributed by atoms with Gasteiger partial charge in [0.15, 0.2) is 0 Å². The summed E-state index contributed by atoms with van der Waals surface area (Å²) in [6.07, 6.45) is 0. The van der Waals surface area contributed by atoms with Gasteiger partial charge in [0.2, 0.25) is 0 Å². The van der Waals surface area contributed by atoms with Gasteiger partial charge < -0.3 is 5.11 Å². The molecule has 0 spiro atoms. The molecule has 0 aliphatic carbocycles. The number of hydrogen-bond acceptors (Lipinski definition) is 1. The molecule has 17 heavy (non-hydrogen) atoms. The van der Waals surface area contributed by atoms with E-state index in [1.165, 1.54) is 5.56 Å². The van der Waals surface area contributed by atoms with Crippen molar-refractivity contribution in [2.24, 2.45) is 5.41 Å². The van der Waals surface area contributed by atoms with E-state index in [0.717, 1.165) is 5.56 Å². The van der Waals surface area contributed by atoms with Gasteiger partial charge in [-0.1, -0.05) is 65.8 Å². The Kier molecular flexibility index (Phi) is 3.46. The molecule has 0 fully saturated rings. The molecule has 1 atom stereocenters. The molecule has 0 bridgehead atoms. The highest BCUT2D eigenvalue weighted by Crippen LogP contribution is 2.42. The van der Waals surface area contributed by atoms with Gasteiger partial charge in [0.25, 0.3) is 0 Å². The van der Waals surface area contributed by atoms with E-state index in [2.05, 4.69) is 47.6 Å². The molecular weight excluding hydrogens is 208 g/mol. The van der Waals surface area contributed by atoms with E-state index in [0.29, 0.717) is 0 Å². The van der Waals surface area contributed by atoms with Crippen LogP contribution in [0.2, 0.25) is 0 Å². The summed E-state index contributed by atoms with van der Waals surface area (Å²) in [6, 6.07) is 8.22. The van der Waals surface area contributed by atoms with Crippen LogP contribution in [0.4, 0.5) is 0 Å². The fourth-order valence-electron chi connectivity index (χ4n) is 1.97. The second kappa shape index (κ2) is 4.13. The summed E-state index contributed by atoms with van der Waals surface area (Å²) in [4.78, 5) is 0. The van der Waals surface area contributed by atoms with Gasteiger partial charge in [-0.25, -0.2) is 0 Å². The second-order valence-corrected chi connectivity index (χ2v) is 7.12. The van der Waals surface area contributed by atoms with Crippen molar-refractivity contribution in [3.05, 3.63) is 35.4 Å². The van der Waals surface area contributed by atoms with Gasteiger partial charge in [-0.05, 0) is 28.9 Å². The van der Waals surface area contributed by atoms with E-state index >= 15 is 0 Å². The minimum atomic E-state index is -0.823. The summed E-state index contributed by atoms with van der Waals surface area (Å²) in [6.45, 7) is 14.7. The van der Waals surface area contributed by atoms with Crippen molar-refractivity contribution in [3.8, 4) is 0 Å². The molecule has 0 aliphatic rings. The topological polar surface area (TPSA) is 20.2 Å². The summed E-state index contributed by atoms with van der Waals surface area (Å²) in [5, 5.41) is 10.9. The van der Waals surface area contributed by atoms with E-state index in [9.17, 15) is 5.11 Å². The largest absolute Gasteiger partial charge is 0.385 e. The summed E-state index contributed by atoms with van der Waals surface area (Å²) in [7, 11) is 0. The molecule has 1 heteroatoms. The van der Waals surface area contributed by atoms with Crippen molar-refractivity contribution in [2.45, 2.75) is 59.5 Å². The average Bonchev–Trinajstić information content (AvgIpc) is 2.14. The lowest BCUT2D eigenvalue weighted by molar-refractivity contribution is -0.0482. The number of aliphatic hydroxyl groups is 1. The first-order valence-corrected chi connectivity index (χ1v) is 6.30. The lowest BCUT2D eigenvalue weighted by Crippen LogP contribution is -2.39. The van der Waals surface area contributed by atoms with Crippen LogP contribution in [0.25, 0.3) is 0 Å². The van der Waals surface area contributed by atoms with E-state index in [-0.39, 0.29) is 10.8 Å². The molecule has 1 aromatic rings. The third kappa shape index (κ3) is 2.71. The molecule has 1 aromatic carbocycles. The molecule has 0 heterocycles. The molecule has 0 radical (unpaired) electrons. The normalized spacial score (nSPS) is 16.7. The molecular formula is C16H26O. The zero-order chi connectivity index (χ0) is 13.5. The average molecular weight is 234 g/mol. The second-order valence-electron chi connectivity index (χ2n) is 7.12. The minimum absolute atomic E-state index is 0.0475. The quantitative estimate of drug-likeness (QED) is 0.770. The highest BCUT2D eigenvalue weighted by Gasteiger charge is 2.39. The number of rotatable bonds is 1. The number of benzene rings is 1. The first-order valence-electron chi connectivity index (χ1n) is 6.30. The summed E-state index contributed by atoms with van der Waals surface area (Å²) >= 11 is 0. The van der Waals surface area contributed by atoms with Crippen LogP contribution >= 0.6 is 0 Å². The third-order valence-corrected chi connectivity index (χ3v) is 3.72. The van der Waals surface area contributed by atoms with E-state index in [1.807, 2.05) is 25.1 Å². The Labute approximate surface area is 106 Å². The summed E-state index contributed by atoms with van der Waals surface area (Å²) in [5.41, 5.74) is 1.30. The summed E-state index contributed by atoms with van der Waals surface area (Å²) in [5.74, 6) is 0. The standard InChI is InChI=1S/C16H26O/c1-14(2,3)12-10-8-9-11-13(12)16(7,17)15(4,5)6/h8-11,17H,1-7H3. The van der Waals surface area contributed by atoms with Crippen molar-refractivity contribution in [3.63, 3.8) is 0 Å². The van der Waals surface area contributed by atoms with Gasteiger partial charge in [0, 0.05) is 0 Å². The van der Waals surface area contributed by atoms with Crippen molar-refractivity contribution in [2.75, 3.05) is 0 Å². The van der Waals surface area contributed by atoms with Crippen LogP contribution in [0, 0.1) is 5.41 Å². The van der Waals surface area contributed by atoms with Gasteiger partial charge >= 0.3 is 0 Å². The van der Waals surface area contributed by atoms with E-state index in [4.69, 9.17) is 0 Å². The van der Waals surface area contributed by atoms with Crippen LogP contribution in [0.15, 0.2) is 24.3 Å². The zero-order valence-corrected chi connectivity index (χ0v) is 12.3. The smallest absolute Gasteiger partial charge is 0.0919 e. The Morgan fingerprint density at radius 2 is 1.18 bits per heavy atom. The first kappa shape index (κ1) is 14.2. The van der Waals surface area contributed by atoms with Gasteiger partial charge in [-0.2, -0.15) is 0 Å².